The van der Waals surface area contributed by atoms with Gasteiger partial charge in [-0.25, -0.2) is 0 Å². The summed E-state index contributed by atoms with van der Waals surface area (Å²) in [6.45, 7) is 0. The molecule has 0 fully saturated rings. The minimum absolute atomic E-state index is 0.177. The summed E-state index contributed by atoms with van der Waals surface area (Å²) in [4.78, 5) is 13.7. The van der Waals surface area contributed by atoms with Crippen LogP contribution < -0.4 is 10.1 Å². The third-order valence-corrected chi connectivity index (χ3v) is 6.24. The van der Waals surface area contributed by atoms with Gasteiger partial charge in [-0.2, -0.15) is 5.10 Å². The summed E-state index contributed by atoms with van der Waals surface area (Å²) in [5, 5.41) is 12.7. The van der Waals surface area contributed by atoms with Crippen molar-refractivity contribution in [1.29, 1.82) is 0 Å². The molecule has 0 saturated heterocycles. The summed E-state index contributed by atoms with van der Waals surface area (Å²) in [5.41, 5.74) is 4.28. The topological polar surface area (TPSA) is 58.8 Å². The van der Waals surface area contributed by atoms with Gasteiger partial charge in [0.2, 0.25) is 4.80 Å². The maximum atomic E-state index is 13.1. The number of anilines is 1. The van der Waals surface area contributed by atoms with Crippen LogP contribution in [0.5, 0.6) is 0 Å². The molecule has 0 aliphatic carbocycles. The van der Waals surface area contributed by atoms with E-state index in [0.717, 1.165) is 22.5 Å². The molecule has 0 bridgehead atoms. The summed E-state index contributed by atoms with van der Waals surface area (Å²) in [6, 6.07) is 39.0. The van der Waals surface area contributed by atoms with E-state index in [1.807, 2.05) is 114 Å². The van der Waals surface area contributed by atoms with E-state index in [9.17, 15) is 4.79 Å². The van der Waals surface area contributed by atoms with Gasteiger partial charge in [-0.15, -0.1) is 5.10 Å². The van der Waals surface area contributed by atoms with Crippen LogP contribution in [0.25, 0.3) is 16.9 Å². The number of aromatic nitrogens is 1. The van der Waals surface area contributed by atoms with Crippen LogP contribution in [0.3, 0.4) is 0 Å². The van der Waals surface area contributed by atoms with Crippen LogP contribution in [0.4, 0.5) is 5.00 Å². The Balaban J connectivity index is 1.68. The highest BCUT2D eigenvalue weighted by Crippen LogP contribution is 2.33. The van der Waals surface area contributed by atoms with Crippen LogP contribution in [-0.4, -0.2) is 16.7 Å². The van der Waals surface area contributed by atoms with Crippen molar-refractivity contribution in [1.82, 2.24) is 4.57 Å². The molecule has 35 heavy (non-hydrogen) atoms. The number of hydrogen-bond donors (Lipinski definition) is 1. The Hall–Kier alpha value is -4.55. The van der Waals surface area contributed by atoms with Gasteiger partial charge in [0.1, 0.15) is 5.00 Å². The van der Waals surface area contributed by atoms with E-state index in [0.29, 0.717) is 15.4 Å². The number of nitrogens with zero attached hydrogens (tertiary/aromatic N) is 3. The molecular weight excluding hydrogens is 452 g/mol. The SMILES string of the molecule is O=C(Nc1s/c(=N\N=C/c2ccccc2)n(-c2ccccc2)c1-c1ccccc1)c1ccccc1. The molecule has 0 atom stereocenters. The van der Waals surface area contributed by atoms with Crippen molar-refractivity contribution in [2.75, 3.05) is 5.32 Å². The van der Waals surface area contributed by atoms with E-state index in [-0.39, 0.29) is 5.91 Å². The van der Waals surface area contributed by atoms with Crippen LogP contribution >= 0.6 is 11.3 Å². The van der Waals surface area contributed by atoms with E-state index >= 15 is 0 Å². The number of nitrogens with one attached hydrogen (secondary N) is 1. The first-order valence-corrected chi connectivity index (χ1v) is 12.0. The van der Waals surface area contributed by atoms with Gasteiger partial charge in [0.25, 0.3) is 5.91 Å². The summed E-state index contributed by atoms with van der Waals surface area (Å²) < 4.78 is 2.03. The number of hydrogen-bond acceptors (Lipinski definition) is 4. The minimum Gasteiger partial charge on any atom is -0.312 e. The Labute approximate surface area is 207 Å². The Kier molecular flexibility index (Phi) is 6.73. The molecule has 5 aromatic rings. The van der Waals surface area contributed by atoms with Crippen LogP contribution in [0, 0.1) is 0 Å². The summed E-state index contributed by atoms with van der Waals surface area (Å²) in [6.07, 6.45) is 1.72. The van der Waals surface area contributed by atoms with Crippen molar-refractivity contribution in [2.24, 2.45) is 10.2 Å². The Morgan fingerprint density at radius 2 is 1.31 bits per heavy atom. The van der Waals surface area contributed by atoms with Gasteiger partial charge in [0.15, 0.2) is 0 Å². The number of amides is 1. The van der Waals surface area contributed by atoms with Crippen molar-refractivity contribution in [3.8, 4) is 16.9 Å². The molecule has 1 aromatic heterocycles. The molecule has 1 amide bonds. The normalized spacial score (nSPS) is 11.6. The van der Waals surface area contributed by atoms with Gasteiger partial charge >= 0.3 is 0 Å². The van der Waals surface area contributed by atoms with Crippen LogP contribution in [-0.2, 0) is 0 Å². The average molecular weight is 475 g/mol. The predicted octanol–water partition coefficient (Wildman–Crippen LogP) is 6.39. The van der Waals surface area contributed by atoms with Gasteiger partial charge < -0.3 is 5.32 Å². The molecule has 6 heteroatoms. The second-order valence-electron chi connectivity index (χ2n) is 7.67. The van der Waals surface area contributed by atoms with E-state index in [1.54, 1.807) is 18.3 Å². The van der Waals surface area contributed by atoms with Gasteiger partial charge in [0, 0.05) is 16.8 Å². The Morgan fingerprint density at radius 1 is 0.743 bits per heavy atom. The monoisotopic (exact) mass is 474 g/mol. The quantitative estimate of drug-likeness (QED) is 0.225. The first-order valence-electron chi connectivity index (χ1n) is 11.1. The lowest BCUT2D eigenvalue weighted by Gasteiger charge is -2.12. The van der Waals surface area contributed by atoms with Crippen LogP contribution in [0.1, 0.15) is 15.9 Å². The number of para-hydroxylation sites is 1. The number of carbonyl (C=O) groups is 1. The minimum atomic E-state index is -0.177. The first-order chi connectivity index (χ1) is 17.3. The molecule has 1 N–H and O–H groups in total. The summed E-state index contributed by atoms with van der Waals surface area (Å²) >= 11 is 1.38. The summed E-state index contributed by atoms with van der Waals surface area (Å²) in [5.74, 6) is -0.177. The van der Waals surface area contributed by atoms with E-state index in [4.69, 9.17) is 0 Å². The molecule has 0 aliphatic heterocycles. The number of carbonyl (C=O) groups excluding carboxylic acids is 1. The summed E-state index contributed by atoms with van der Waals surface area (Å²) in [7, 11) is 0. The molecule has 4 aromatic carbocycles. The molecule has 0 spiro atoms. The van der Waals surface area contributed by atoms with Gasteiger partial charge in [-0.3, -0.25) is 9.36 Å². The highest BCUT2D eigenvalue weighted by atomic mass is 32.1. The number of benzene rings is 4. The van der Waals surface area contributed by atoms with Crippen molar-refractivity contribution in [3.05, 3.63) is 137 Å². The largest absolute Gasteiger partial charge is 0.312 e. The van der Waals surface area contributed by atoms with E-state index in [1.165, 1.54) is 11.3 Å². The smallest absolute Gasteiger partial charge is 0.256 e. The van der Waals surface area contributed by atoms with Crippen molar-refractivity contribution < 1.29 is 4.79 Å². The van der Waals surface area contributed by atoms with Crippen molar-refractivity contribution in [2.45, 2.75) is 0 Å². The zero-order valence-corrected chi connectivity index (χ0v) is 19.6. The first kappa shape index (κ1) is 22.3. The number of thiazole rings is 1. The predicted molar refractivity (Wildman–Crippen MR) is 143 cm³/mol. The maximum Gasteiger partial charge on any atom is 0.256 e. The zero-order chi connectivity index (χ0) is 23.9. The number of rotatable bonds is 6. The lowest BCUT2D eigenvalue weighted by molar-refractivity contribution is 0.102. The highest BCUT2D eigenvalue weighted by Gasteiger charge is 2.19. The Morgan fingerprint density at radius 3 is 1.97 bits per heavy atom. The Bertz CT molecular complexity index is 1510. The standard InChI is InChI=1S/C29H22N4OS/c34-27(24-17-9-3-10-18-24)31-28-26(23-15-7-2-8-16-23)33(25-19-11-4-12-20-25)29(35-28)32-30-21-22-13-5-1-6-14-22/h1-21H,(H,31,34)/b30-21-,32-29-. The lowest BCUT2D eigenvalue weighted by Crippen LogP contribution is -2.14. The molecule has 170 valence electrons. The molecule has 0 radical (unpaired) electrons. The third-order valence-electron chi connectivity index (χ3n) is 5.30. The van der Waals surface area contributed by atoms with Gasteiger partial charge in [0.05, 0.1) is 11.9 Å². The molecule has 5 nitrogen and oxygen atoms in total. The fraction of sp³-hybridized carbons (Fsp3) is 0. The van der Waals surface area contributed by atoms with E-state index < -0.39 is 0 Å². The highest BCUT2D eigenvalue weighted by molar-refractivity contribution is 7.14. The zero-order valence-electron chi connectivity index (χ0n) is 18.8. The van der Waals surface area contributed by atoms with Crippen LogP contribution in [0.15, 0.2) is 132 Å². The second kappa shape index (κ2) is 10.6. The molecule has 0 unspecified atom stereocenters. The van der Waals surface area contributed by atoms with E-state index in [2.05, 4.69) is 15.5 Å². The average Bonchev–Trinajstić information content (AvgIpc) is 3.28. The van der Waals surface area contributed by atoms with Gasteiger partial charge in [-0.05, 0) is 29.8 Å². The molecule has 1 heterocycles. The van der Waals surface area contributed by atoms with Gasteiger partial charge in [-0.1, -0.05) is 108 Å². The molecule has 5 rings (SSSR count). The third kappa shape index (κ3) is 5.18. The fourth-order valence-corrected chi connectivity index (χ4v) is 4.66. The molecule has 0 aliphatic rings. The van der Waals surface area contributed by atoms with Crippen molar-refractivity contribution in [3.63, 3.8) is 0 Å². The fourth-order valence-electron chi connectivity index (χ4n) is 3.65. The maximum absolute atomic E-state index is 13.1. The lowest BCUT2D eigenvalue weighted by atomic mass is 10.1. The molecule has 0 saturated carbocycles. The van der Waals surface area contributed by atoms with Crippen LogP contribution in [0.2, 0.25) is 0 Å². The second-order valence-corrected chi connectivity index (χ2v) is 8.65. The van der Waals surface area contributed by atoms with Crippen molar-refractivity contribution >= 4 is 28.5 Å². The molecular formula is C29H22N4OS.